The molecule has 0 aliphatic heterocycles. The molecule has 0 unspecified atom stereocenters. The van der Waals surface area contributed by atoms with Gasteiger partial charge >= 0.3 is 0 Å². The van der Waals surface area contributed by atoms with Gasteiger partial charge in [-0.3, -0.25) is 0 Å². The summed E-state index contributed by atoms with van der Waals surface area (Å²) in [6.07, 6.45) is 2.72. The molecule has 1 heterocycles. The summed E-state index contributed by atoms with van der Waals surface area (Å²) in [6, 6.07) is 9.89. The van der Waals surface area contributed by atoms with Crippen LogP contribution < -0.4 is 14.8 Å². The van der Waals surface area contributed by atoms with Gasteiger partial charge in [0.15, 0.2) is 11.5 Å². The molecule has 4 nitrogen and oxygen atoms in total. The molecule has 2 rings (SSSR count). The van der Waals surface area contributed by atoms with Crippen LogP contribution in [0.4, 0.5) is 0 Å². The first-order chi connectivity index (χ1) is 10.3. The third-order valence-corrected chi connectivity index (χ3v) is 3.23. The zero-order valence-corrected chi connectivity index (χ0v) is 12.8. The molecule has 1 aromatic heterocycles. The van der Waals surface area contributed by atoms with Crippen LogP contribution in [-0.2, 0) is 13.0 Å². The van der Waals surface area contributed by atoms with Crippen LogP contribution >= 0.6 is 0 Å². The fourth-order valence-electron chi connectivity index (χ4n) is 2.01. The van der Waals surface area contributed by atoms with Gasteiger partial charge < -0.3 is 14.8 Å². The third kappa shape index (κ3) is 4.20. The molecule has 0 atom stereocenters. The maximum absolute atomic E-state index is 5.86. The van der Waals surface area contributed by atoms with Crippen LogP contribution in [0.15, 0.2) is 36.5 Å². The molecule has 0 fully saturated rings. The molecule has 0 amide bonds. The molecule has 0 radical (unpaired) electrons. The second kappa shape index (κ2) is 7.64. The number of hydrogen-bond acceptors (Lipinski definition) is 4. The van der Waals surface area contributed by atoms with Gasteiger partial charge in [-0.05, 0) is 42.3 Å². The number of nitrogens with one attached hydrogen (secondary N) is 1. The normalized spacial score (nSPS) is 10.4. The summed E-state index contributed by atoms with van der Waals surface area (Å²) in [5, 5.41) is 3.29. The third-order valence-electron chi connectivity index (χ3n) is 3.23. The Morgan fingerprint density at radius 1 is 1.05 bits per heavy atom. The number of pyridine rings is 1. The van der Waals surface area contributed by atoms with Crippen LogP contribution in [0.5, 0.6) is 17.4 Å². The molecule has 0 aliphatic carbocycles. The molecule has 0 aliphatic rings. The van der Waals surface area contributed by atoms with Crippen LogP contribution in [0.1, 0.15) is 25.0 Å². The van der Waals surface area contributed by atoms with E-state index in [2.05, 4.69) is 24.1 Å². The standard InChI is InChI=1S/C17H22N2O2/c1-4-13-6-7-15(16(10-13)20-3)21-17-11-14(8-9-19-17)12-18-5-2/h6-11,18H,4-5,12H2,1-3H3. The van der Waals surface area contributed by atoms with Crippen LogP contribution in [0, 0.1) is 0 Å². The van der Waals surface area contributed by atoms with E-state index in [1.54, 1.807) is 13.3 Å². The minimum atomic E-state index is 0.577. The molecule has 0 bridgehead atoms. The molecule has 0 saturated carbocycles. The summed E-state index contributed by atoms with van der Waals surface area (Å²) in [5.41, 5.74) is 2.36. The number of ether oxygens (including phenoxy) is 2. The van der Waals surface area contributed by atoms with E-state index in [4.69, 9.17) is 9.47 Å². The molecule has 0 spiro atoms. The van der Waals surface area contributed by atoms with Gasteiger partial charge in [0.25, 0.3) is 0 Å². The molecular weight excluding hydrogens is 264 g/mol. The monoisotopic (exact) mass is 286 g/mol. The lowest BCUT2D eigenvalue weighted by Gasteiger charge is -2.11. The largest absolute Gasteiger partial charge is 0.493 e. The highest BCUT2D eigenvalue weighted by Crippen LogP contribution is 2.31. The molecule has 1 N–H and O–H groups in total. The van der Waals surface area contributed by atoms with Gasteiger partial charge in [-0.1, -0.05) is 19.9 Å². The molecule has 21 heavy (non-hydrogen) atoms. The van der Waals surface area contributed by atoms with Crippen LogP contribution in [0.25, 0.3) is 0 Å². The van der Waals surface area contributed by atoms with E-state index in [9.17, 15) is 0 Å². The van der Waals surface area contributed by atoms with Crippen molar-refractivity contribution in [1.82, 2.24) is 10.3 Å². The summed E-state index contributed by atoms with van der Waals surface area (Å²) in [6.45, 7) is 5.94. The van der Waals surface area contributed by atoms with Crippen molar-refractivity contribution in [2.75, 3.05) is 13.7 Å². The zero-order chi connectivity index (χ0) is 15.1. The van der Waals surface area contributed by atoms with Gasteiger partial charge in [0.1, 0.15) is 0 Å². The Kier molecular flexibility index (Phi) is 5.58. The number of aromatic nitrogens is 1. The smallest absolute Gasteiger partial charge is 0.219 e. The first kappa shape index (κ1) is 15.3. The van der Waals surface area contributed by atoms with Gasteiger partial charge in [-0.15, -0.1) is 0 Å². The van der Waals surface area contributed by atoms with Crippen molar-refractivity contribution in [1.29, 1.82) is 0 Å². The van der Waals surface area contributed by atoms with Crippen molar-refractivity contribution in [2.45, 2.75) is 26.8 Å². The highest BCUT2D eigenvalue weighted by atomic mass is 16.5. The maximum Gasteiger partial charge on any atom is 0.219 e. The number of nitrogens with zero attached hydrogens (tertiary/aromatic N) is 1. The van der Waals surface area contributed by atoms with Gasteiger partial charge in [-0.25, -0.2) is 4.98 Å². The van der Waals surface area contributed by atoms with Gasteiger partial charge in [0.05, 0.1) is 7.11 Å². The Balaban J connectivity index is 2.17. The summed E-state index contributed by atoms with van der Waals surface area (Å²) < 4.78 is 11.2. The van der Waals surface area contributed by atoms with Crippen molar-refractivity contribution in [3.05, 3.63) is 47.7 Å². The van der Waals surface area contributed by atoms with Crippen molar-refractivity contribution in [3.8, 4) is 17.4 Å². The fraction of sp³-hybridized carbons (Fsp3) is 0.353. The van der Waals surface area contributed by atoms with E-state index < -0.39 is 0 Å². The number of benzene rings is 1. The van der Waals surface area contributed by atoms with E-state index in [1.807, 2.05) is 30.3 Å². The fourth-order valence-corrected chi connectivity index (χ4v) is 2.01. The Hall–Kier alpha value is -2.07. The molecule has 2 aromatic rings. The zero-order valence-electron chi connectivity index (χ0n) is 12.8. The Bertz CT molecular complexity index is 585. The summed E-state index contributed by atoms with van der Waals surface area (Å²) in [5.74, 6) is 1.99. The number of aryl methyl sites for hydroxylation is 1. The minimum Gasteiger partial charge on any atom is -0.493 e. The second-order valence-electron chi connectivity index (χ2n) is 4.72. The average Bonchev–Trinajstić information content (AvgIpc) is 2.53. The minimum absolute atomic E-state index is 0.577. The molecular formula is C17H22N2O2. The van der Waals surface area contributed by atoms with Crippen molar-refractivity contribution in [3.63, 3.8) is 0 Å². The van der Waals surface area contributed by atoms with Crippen LogP contribution in [0.3, 0.4) is 0 Å². The summed E-state index contributed by atoms with van der Waals surface area (Å²) in [7, 11) is 1.65. The Labute approximate surface area is 126 Å². The second-order valence-corrected chi connectivity index (χ2v) is 4.72. The first-order valence-corrected chi connectivity index (χ1v) is 7.27. The van der Waals surface area contributed by atoms with E-state index in [-0.39, 0.29) is 0 Å². The predicted octanol–water partition coefficient (Wildman–Crippen LogP) is 3.55. The van der Waals surface area contributed by atoms with E-state index in [0.717, 1.165) is 30.8 Å². The van der Waals surface area contributed by atoms with Crippen LogP contribution in [0.2, 0.25) is 0 Å². The number of hydrogen-bond donors (Lipinski definition) is 1. The lowest BCUT2D eigenvalue weighted by molar-refractivity contribution is 0.373. The SMILES string of the molecule is CCNCc1ccnc(Oc2ccc(CC)cc2OC)c1. The Morgan fingerprint density at radius 3 is 2.62 bits per heavy atom. The van der Waals surface area contributed by atoms with E-state index in [0.29, 0.717) is 11.6 Å². The molecule has 112 valence electrons. The highest BCUT2D eigenvalue weighted by Gasteiger charge is 2.07. The topological polar surface area (TPSA) is 43.4 Å². The van der Waals surface area contributed by atoms with E-state index >= 15 is 0 Å². The molecule has 0 saturated heterocycles. The summed E-state index contributed by atoms with van der Waals surface area (Å²) in [4.78, 5) is 4.26. The van der Waals surface area contributed by atoms with Crippen molar-refractivity contribution < 1.29 is 9.47 Å². The molecule has 1 aromatic carbocycles. The predicted molar refractivity (Wildman–Crippen MR) is 84.1 cm³/mol. The van der Waals surface area contributed by atoms with Gasteiger partial charge in [-0.2, -0.15) is 0 Å². The summed E-state index contributed by atoms with van der Waals surface area (Å²) >= 11 is 0. The lowest BCUT2D eigenvalue weighted by atomic mass is 10.1. The number of rotatable bonds is 7. The van der Waals surface area contributed by atoms with Crippen molar-refractivity contribution in [2.24, 2.45) is 0 Å². The van der Waals surface area contributed by atoms with E-state index in [1.165, 1.54) is 5.56 Å². The Morgan fingerprint density at radius 2 is 1.90 bits per heavy atom. The molecule has 4 heteroatoms. The maximum atomic E-state index is 5.86. The van der Waals surface area contributed by atoms with Gasteiger partial charge in [0.2, 0.25) is 5.88 Å². The first-order valence-electron chi connectivity index (χ1n) is 7.27. The average molecular weight is 286 g/mol. The van der Waals surface area contributed by atoms with Gasteiger partial charge in [0, 0.05) is 18.8 Å². The quantitative estimate of drug-likeness (QED) is 0.845. The van der Waals surface area contributed by atoms with Crippen molar-refractivity contribution >= 4 is 0 Å². The lowest BCUT2D eigenvalue weighted by Crippen LogP contribution is -2.11. The highest BCUT2D eigenvalue weighted by molar-refractivity contribution is 5.44. The van der Waals surface area contributed by atoms with Crippen LogP contribution in [-0.4, -0.2) is 18.6 Å². The number of methoxy groups -OCH3 is 1.